The first-order chi connectivity index (χ1) is 12.2. The summed E-state index contributed by atoms with van der Waals surface area (Å²) in [5, 5.41) is 10.6. The second-order valence-electron chi connectivity index (χ2n) is 5.04. The summed E-state index contributed by atoms with van der Waals surface area (Å²) in [4.78, 5) is 12.9. The Hall–Kier alpha value is -2.58. The van der Waals surface area contributed by atoms with Crippen LogP contribution in [0.5, 0.6) is 5.75 Å². The first-order valence-electron chi connectivity index (χ1n) is 7.41. The largest absolute Gasteiger partial charge is 0.497 e. The summed E-state index contributed by atoms with van der Waals surface area (Å²) in [7, 11) is 1.59. The van der Waals surface area contributed by atoms with Gasteiger partial charge in [-0.25, -0.2) is 0 Å². The van der Waals surface area contributed by atoms with E-state index in [4.69, 9.17) is 10.5 Å². The third-order valence-electron chi connectivity index (χ3n) is 3.32. The van der Waals surface area contributed by atoms with E-state index in [0.29, 0.717) is 20.9 Å². The van der Waals surface area contributed by atoms with Gasteiger partial charge in [0.2, 0.25) is 11.0 Å². The number of amides is 1. The highest BCUT2D eigenvalue weighted by molar-refractivity contribution is 8.02. The number of nitrogens with two attached hydrogens (primary N) is 1. The summed E-state index contributed by atoms with van der Waals surface area (Å²) in [6.07, 6.45) is 0. The minimum atomic E-state index is -0.472. The molecule has 0 saturated heterocycles. The molecule has 1 unspecified atom stereocenters. The number of nitrogens with zero attached hydrogens (tertiary/aromatic N) is 2. The Bertz CT molecular complexity index is 855. The summed E-state index contributed by atoms with van der Waals surface area (Å²) in [6.45, 7) is 0. The number of carbonyl (C=O) groups excluding carboxylic acids is 1. The fourth-order valence-corrected chi connectivity index (χ4v) is 4.01. The van der Waals surface area contributed by atoms with E-state index in [9.17, 15) is 4.79 Å². The van der Waals surface area contributed by atoms with Crippen molar-refractivity contribution in [2.24, 2.45) is 0 Å². The lowest BCUT2D eigenvalue weighted by molar-refractivity contribution is -0.115. The van der Waals surface area contributed by atoms with Crippen LogP contribution < -0.4 is 15.8 Å². The zero-order valence-electron chi connectivity index (χ0n) is 13.4. The van der Waals surface area contributed by atoms with Crippen LogP contribution >= 0.6 is 23.1 Å². The molecule has 1 amide bonds. The highest BCUT2D eigenvalue weighted by Gasteiger charge is 2.24. The van der Waals surface area contributed by atoms with Gasteiger partial charge >= 0.3 is 0 Å². The van der Waals surface area contributed by atoms with Crippen LogP contribution in [-0.2, 0) is 4.79 Å². The number of nitrogens with one attached hydrogen (secondary N) is 1. The van der Waals surface area contributed by atoms with Crippen LogP contribution in [0.15, 0.2) is 58.9 Å². The molecule has 0 saturated carbocycles. The molecule has 0 radical (unpaired) electrons. The van der Waals surface area contributed by atoms with E-state index in [-0.39, 0.29) is 5.91 Å². The summed E-state index contributed by atoms with van der Waals surface area (Å²) in [5.41, 5.74) is 7.19. The topological polar surface area (TPSA) is 90.1 Å². The Morgan fingerprint density at radius 3 is 2.68 bits per heavy atom. The van der Waals surface area contributed by atoms with Crippen molar-refractivity contribution in [3.8, 4) is 5.75 Å². The Morgan fingerprint density at radius 2 is 2.00 bits per heavy atom. The molecule has 25 heavy (non-hydrogen) atoms. The number of carbonyl (C=O) groups is 1. The Labute approximate surface area is 153 Å². The van der Waals surface area contributed by atoms with E-state index in [2.05, 4.69) is 15.5 Å². The van der Waals surface area contributed by atoms with Gasteiger partial charge in [0, 0.05) is 11.8 Å². The molecule has 0 bridgehead atoms. The van der Waals surface area contributed by atoms with Gasteiger partial charge in [-0.3, -0.25) is 4.79 Å². The maximum Gasteiger partial charge on any atom is 0.242 e. The highest BCUT2D eigenvalue weighted by Crippen LogP contribution is 2.38. The molecule has 3 aromatic rings. The number of benzene rings is 2. The summed E-state index contributed by atoms with van der Waals surface area (Å²) in [5.74, 6) is 0.525. The van der Waals surface area contributed by atoms with Gasteiger partial charge in [-0.1, -0.05) is 59.5 Å². The van der Waals surface area contributed by atoms with E-state index in [1.807, 2.05) is 48.5 Å². The molecule has 0 spiro atoms. The summed E-state index contributed by atoms with van der Waals surface area (Å²) in [6, 6.07) is 16.8. The van der Waals surface area contributed by atoms with Crippen LogP contribution in [0.3, 0.4) is 0 Å². The fraction of sp³-hybridized carbons (Fsp3) is 0.118. The Morgan fingerprint density at radius 1 is 1.20 bits per heavy atom. The molecule has 0 aliphatic heterocycles. The van der Waals surface area contributed by atoms with Crippen molar-refractivity contribution in [3.63, 3.8) is 0 Å². The lowest BCUT2D eigenvalue weighted by Crippen LogP contribution is -2.19. The summed E-state index contributed by atoms with van der Waals surface area (Å²) >= 11 is 2.58. The molecule has 1 heterocycles. The average molecular weight is 372 g/mol. The maximum atomic E-state index is 12.9. The quantitative estimate of drug-likeness (QED) is 0.643. The van der Waals surface area contributed by atoms with Gasteiger partial charge in [0.25, 0.3) is 0 Å². The van der Waals surface area contributed by atoms with Gasteiger partial charge in [-0.05, 0) is 17.7 Å². The zero-order chi connectivity index (χ0) is 17.6. The van der Waals surface area contributed by atoms with Gasteiger partial charge in [-0.2, -0.15) is 0 Å². The van der Waals surface area contributed by atoms with Gasteiger partial charge in [-0.15, -0.1) is 10.2 Å². The van der Waals surface area contributed by atoms with Gasteiger partial charge in [0.05, 0.1) is 7.11 Å². The van der Waals surface area contributed by atoms with Crippen LogP contribution in [0.1, 0.15) is 10.8 Å². The maximum absolute atomic E-state index is 12.9. The molecule has 0 fully saturated rings. The van der Waals surface area contributed by atoms with Crippen molar-refractivity contribution in [2.75, 3.05) is 18.2 Å². The van der Waals surface area contributed by atoms with Crippen LogP contribution in [0.4, 0.5) is 10.8 Å². The normalized spacial score (nSPS) is 11.7. The number of rotatable bonds is 6. The first kappa shape index (κ1) is 17.2. The third kappa shape index (κ3) is 4.49. The molecular formula is C17H16N4O2S2. The van der Waals surface area contributed by atoms with Crippen molar-refractivity contribution in [1.29, 1.82) is 0 Å². The molecule has 2 aromatic carbocycles. The van der Waals surface area contributed by atoms with Crippen LogP contribution in [0.25, 0.3) is 0 Å². The van der Waals surface area contributed by atoms with Gasteiger partial charge in [0.1, 0.15) is 11.0 Å². The van der Waals surface area contributed by atoms with E-state index in [1.54, 1.807) is 13.2 Å². The molecule has 8 heteroatoms. The molecule has 0 aliphatic rings. The van der Waals surface area contributed by atoms with E-state index in [0.717, 1.165) is 5.56 Å². The number of methoxy groups -OCH3 is 1. The highest BCUT2D eigenvalue weighted by atomic mass is 32.2. The van der Waals surface area contributed by atoms with Crippen molar-refractivity contribution >= 4 is 39.8 Å². The number of aromatic nitrogens is 2. The van der Waals surface area contributed by atoms with E-state index in [1.165, 1.54) is 23.1 Å². The van der Waals surface area contributed by atoms with E-state index < -0.39 is 5.25 Å². The minimum Gasteiger partial charge on any atom is -0.497 e. The molecule has 3 rings (SSSR count). The van der Waals surface area contributed by atoms with Crippen molar-refractivity contribution in [3.05, 3.63) is 60.2 Å². The van der Waals surface area contributed by atoms with Crippen molar-refractivity contribution in [1.82, 2.24) is 10.2 Å². The van der Waals surface area contributed by atoms with Crippen molar-refractivity contribution in [2.45, 2.75) is 9.59 Å². The number of hydrogen-bond donors (Lipinski definition) is 2. The molecule has 6 nitrogen and oxygen atoms in total. The number of nitrogen functional groups attached to an aromatic ring is 1. The van der Waals surface area contributed by atoms with Crippen molar-refractivity contribution < 1.29 is 9.53 Å². The predicted octanol–water partition coefficient (Wildman–Crippen LogP) is 3.60. The molecular weight excluding hydrogens is 356 g/mol. The lowest BCUT2D eigenvalue weighted by Gasteiger charge is -2.16. The SMILES string of the molecule is COc1cccc(NC(=O)C(Sc2nnc(N)s2)c2ccccc2)c1. The van der Waals surface area contributed by atoms with Crippen LogP contribution in [0.2, 0.25) is 0 Å². The monoisotopic (exact) mass is 372 g/mol. The predicted molar refractivity (Wildman–Crippen MR) is 101 cm³/mol. The Balaban J connectivity index is 1.83. The molecule has 1 atom stereocenters. The second kappa shape index (κ2) is 8.00. The van der Waals surface area contributed by atoms with Gasteiger partial charge < -0.3 is 15.8 Å². The average Bonchev–Trinajstić information content (AvgIpc) is 3.05. The number of hydrogen-bond acceptors (Lipinski definition) is 7. The Kier molecular flexibility index (Phi) is 5.52. The summed E-state index contributed by atoms with van der Waals surface area (Å²) < 4.78 is 5.84. The smallest absolute Gasteiger partial charge is 0.242 e. The number of ether oxygens (including phenoxy) is 1. The number of thioether (sulfide) groups is 1. The van der Waals surface area contributed by atoms with Gasteiger partial charge in [0.15, 0.2) is 4.34 Å². The van der Waals surface area contributed by atoms with Crippen LogP contribution in [0, 0.1) is 0 Å². The molecule has 0 aliphatic carbocycles. The zero-order valence-corrected chi connectivity index (χ0v) is 15.0. The number of anilines is 2. The van der Waals surface area contributed by atoms with Crippen LogP contribution in [-0.4, -0.2) is 23.2 Å². The third-order valence-corrected chi connectivity index (χ3v) is 5.41. The first-order valence-corrected chi connectivity index (χ1v) is 9.11. The minimum absolute atomic E-state index is 0.154. The molecule has 1 aromatic heterocycles. The lowest BCUT2D eigenvalue weighted by atomic mass is 10.1. The second-order valence-corrected chi connectivity index (χ2v) is 7.40. The fourth-order valence-electron chi connectivity index (χ4n) is 2.18. The molecule has 128 valence electrons. The van der Waals surface area contributed by atoms with E-state index >= 15 is 0 Å². The standard InChI is InChI=1S/C17H16N4O2S2/c1-23-13-9-5-8-12(10-13)19-15(22)14(11-6-3-2-4-7-11)24-17-21-20-16(18)25-17/h2-10,14H,1H3,(H2,18,20)(H,19,22). The molecule has 3 N–H and O–H groups in total.